The number of imidazole rings is 2. The molecule has 0 spiro atoms. The van der Waals surface area contributed by atoms with E-state index in [4.69, 9.17) is 0 Å². The molecule has 2 heterocycles. The van der Waals surface area contributed by atoms with Crippen LogP contribution in [0, 0.1) is 0 Å². The van der Waals surface area contributed by atoms with Crippen molar-refractivity contribution in [2.24, 2.45) is 14.1 Å². The minimum absolute atomic E-state index is 0.199. The number of rotatable bonds is 4. The predicted octanol–water partition coefficient (Wildman–Crippen LogP) is 4.19. The lowest BCUT2D eigenvalue weighted by Crippen LogP contribution is -1.96. The fourth-order valence-electron chi connectivity index (χ4n) is 3.95. The maximum absolute atomic E-state index is 11.3. The van der Waals surface area contributed by atoms with Gasteiger partial charge in [0, 0.05) is 25.2 Å². The van der Waals surface area contributed by atoms with E-state index in [-0.39, 0.29) is 11.1 Å². The van der Waals surface area contributed by atoms with Gasteiger partial charge in [0.15, 0.2) is 0 Å². The van der Waals surface area contributed by atoms with Crippen molar-refractivity contribution in [2.75, 3.05) is 0 Å². The van der Waals surface area contributed by atoms with E-state index in [1.54, 1.807) is 36.4 Å². The zero-order valence-electron chi connectivity index (χ0n) is 17.3. The number of fused-ring (bicyclic) bond motifs is 2. The van der Waals surface area contributed by atoms with Crippen LogP contribution in [-0.2, 0) is 14.1 Å². The molecule has 32 heavy (non-hydrogen) atoms. The van der Waals surface area contributed by atoms with Crippen LogP contribution in [0.25, 0.3) is 44.8 Å². The van der Waals surface area contributed by atoms with Crippen molar-refractivity contribution in [3.8, 4) is 22.8 Å². The van der Waals surface area contributed by atoms with Gasteiger partial charge in [0.1, 0.15) is 11.6 Å². The first-order chi connectivity index (χ1) is 15.3. The van der Waals surface area contributed by atoms with Crippen molar-refractivity contribution in [3.63, 3.8) is 0 Å². The van der Waals surface area contributed by atoms with Crippen LogP contribution in [-0.4, -0.2) is 41.3 Å². The highest BCUT2D eigenvalue weighted by Gasteiger charge is 2.15. The number of aryl methyl sites for hydroxylation is 2. The molecule has 0 saturated carbocycles. The normalized spacial score (nSPS) is 11.3. The van der Waals surface area contributed by atoms with Crippen molar-refractivity contribution < 1.29 is 19.8 Å². The largest absolute Gasteiger partial charge is 0.478 e. The van der Waals surface area contributed by atoms with Gasteiger partial charge in [-0.1, -0.05) is 24.3 Å². The van der Waals surface area contributed by atoms with Gasteiger partial charge < -0.3 is 19.3 Å². The zero-order valence-corrected chi connectivity index (χ0v) is 17.3. The van der Waals surface area contributed by atoms with Crippen LogP contribution in [0.1, 0.15) is 20.7 Å². The number of carboxylic acid groups (broad SMARTS) is 2. The molecular formula is C24H18N4O4. The van der Waals surface area contributed by atoms with Gasteiger partial charge in [-0.15, -0.1) is 0 Å². The van der Waals surface area contributed by atoms with E-state index in [9.17, 15) is 19.8 Å². The van der Waals surface area contributed by atoms with E-state index in [1.165, 1.54) is 0 Å². The van der Waals surface area contributed by atoms with Crippen molar-refractivity contribution in [1.29, 1.82) is 0 Å². The summed E-state index contributed by atoms with van der Waals surface area (Å²) in [6.45, 7) is 0. The second kappa shape index (κ2) is 7.05. The Kier molecular flexibility index (Phi) is 4.30. The Morgan fingerprint density at radius 2 is 1.03 bits per heavy atom. The second-order valence-electron chi connectivity index (χ2n) is 7.58. The standard InChI is InChI=1S/C24H18N4O4/c1-27-19-9-7-15(23(29)30)11-17(19)25-21(27)13-3-5-14(6-4-13)22-26-18-12-16(24(31)32)8-10-20(18)28(22)2/h3-12H,1-2H3,(H,29,30)(H,31,32). The summed E-state index contributed by atoms with van der Waals surface area (Å²) in [6, 6.07) is 17.6. The first-order valence-corrected chi connectivity index (χ1v) is 9.84. The highest BCUT2D eigenvalue weighted by molar-refractivity contribution is 5.94. The third-order valence-corrected chi connectivity index (χ3v) is 5.66. The lowest BCUT2D eigenvalue weighted by atomic mass is 10.1. The molecule has 5 rings (SSSR count). The van der Waals surface area contributed by atoms with Gasteiger partial charge in [0.25, 0.3) is 0 Å². The summed E-state index contributed by atoms with van der Waals surface area (Å²) in [5.41, 5.74) is 5.10. The Morgan fingerprint density at radius 3 is 1.38 bits per heavy atom. The monoisotopic (exact) mass is 426 g/mol. The molecule has 8 nitrogen and oxygen atoms in total. The Hall–Kier alpha value is -4.46. The highest BCUT2D eigenvalue weighted by Crippen LogP contribution is 2.29. The number of hydrogen-bond donors (Lipinski definition) is 2. The van der Waals surface area contributed by atoms with Crippen LogP contribution < -0.4 is 0 Å². The molecule has 0 radical (unpaired) electrons. The lowest BCUT2D eigenvalue weighted by molar-refractivity contribution is 0.0686. The van der Waals surface area contributed by atoms with Gasteiger partial charge in [-0.3, -0.25) is 0 Å². The van der Waals surface area contributed by atoms with Crippen LogP contribution in [0.3, 0.4) is 0 Å². The first-order valence-electron chi connectivity index (χ1n) is 9.84. The number of hydrogen-bond acceptors (Lipinski definition) is 4. The van der Waals surface area contributed by atoms with Crippen LogP contribution in [0.4, 0.5) is 0 Å². The van der Waals surface area contributed by atoms with E-state index in [2.05, 4.69) is 9.97 Å². The zero-order chi connectivity index (χ0) is 22.6. The molecule has 5 aromatic rings. The van der Waals surface area contributed by atoms with Crippen LogP contribution in [0.15, 0.2) is 60.7 Å². The van der Waals surface area contributed by atoms with Crippen LogP contribution >= 0.6 is 0 Å². The van der Waals surface area contributed by atoms with Gasteiger partial charge in [-0.25, -0.2) is 19.6 Å². The van der Waals surface area contributed by atoms with Crippen molar-refractivity contribution in [2.45, 2.75) is 0 Å². The fourth-order valence-corrected chi connectivity index (χ4v) is 3.95. The Labute approximate surface area is 182 Å². The Morgan fingerprint density at radius 1 is 0.656 bits per heavy atom. The molecule has 0 amide bonds. The van der Waals surface area contributed by atoms with Crippen molar-refractivity contribution in [3.05, 3.63) is 71.8 Å². The van der Waals surface area contributed by atoms with Gasteiger partial charge >= 0.3 is 11.9 Å². The summed E-state index contributed by atoms with van der Waals surface area (Å²) in [5, 5.41) is 18.4. The molecule has 158 valence electrons. The topological polar surface area (TPSA) is 110 Å². The molecule has 0 unspecified atom stereocenters. The molecule has 0 aliphatic heterocycles. The molecule has 8 heteroatoms. The highest BCUT2D eigenvalue weighted by atomic mass is 16.4. The summed E-state index contributed by atoms with van der Waals surface area (Å²) in [4.78, 5) is 31.8. The smallest absolute Gasteiger partial charge is 0.335 e. The average molecular weight is 426 g/mol. The summed E-state index contributed by atoms with van der Waals surface area (Å²) in [7, 11) is 3.79. The molecule has 0 aliphatic rings. The van der Waals surface area contributed by atoms with E-state index in [0.717, 1.165) is 33.8 Å². The third kappa shape index (κ3) is 3.01. The Balaban J connectivity index is 1.55. The van der Waals surface area contributed by atoms with Crippen molar-refractivity contribution >= 4 is 34.0 Å². The molecule has 0 aliphatic carbocycles. The van der Waals surface area contributed by atoms with Crippen LogP contribution in [0.2, 0.25) is 0 Å². The van der Waals surface area contributed by atoms with E-state index < -0.39 is 11.9 Å². The number of carbonyl (C=O) groups is 2. The molecule has 2 N–H and O–H groups in total. The minimum atomic E-state index is -0.985. The quantitative estimate of drug-likeness (QED) is 0.446. The molecule has 0 fully saturated rings. The van der Waals surface area contributed by atoms with E-state index >= 15 is 0 Å². The fraction of sp³-hybridized carbons (Fsp3) is 0.0833. The van der Waals surface area contributed by atoms with Gasteiger partial charge in [0.05, 0.1) is 33.2 Å². The third-order valence-electron chi connectivity index (χ3n) is 5.66. The first kappa shape index (κ1) is 19.5. The average Bonchev–Trinajstić information content (AvgIpc) is 3.30. The van der Waals surface area contributed by atoms with E-state index in [0.29, 0.717) is 11.0 Å². The molecule has 2 aromatic heterocycles. The number of aromatic carboxylic acids is 2. The second-order valence-corrected chi connectivity index (χ2v) is 7.58. The summed E-state index contributed by atoms with van der Waals surface area (Å²) < 4.78 is 3.86. The molecule has 3 aromatic carbocycles. The Bertz CT molecular complexity index is 1430. The summed E-state index contributed by atoms with van der Waals surface area (Å²) in [6.07, 6.45) is 0. The number of nitrogens with zero attached hydrogens (tertiary/aromatic N) is 4. The maximum Gasteiger partial charge on any atom is 0.335 e. The summed E-state index contributed by atoms with van der Waals surface area (Å²) in [5.74, 6) is -0.516. The molecule has 0 atom stereocenters. The molecule has 0 bridgehead atoms. The minimum Gasteiger partial charge on any atom is -0.478 e. The molecular weight excluding hydrogens is 408 g/mol. The number of benzene rings is 3. The lowest BCUT2D eigenvalue weighted by Gasteiger charge is -2.06. The predicted molar refractivity (Wildman–Crippen MR) is 120 cm³/mol. The van der Waals surface area contributed by atoms with Crippen molar-refractivity contribution in [1.82, 2.24) is 19.1 Å². The van der Waals surface area contributed by atoms with Gasteiger partial charge in [-0.05, 0) is 36.4 Å². The SMILES string of the molecule is Cn1c(-c2ccc(-c3nc4cc(C(=O)O)ccc4n3C)cc2)nc2cc(C(=O)O)ccc21. The van der Waals surface area contributed by atoms with E-state index in [1.807, 2.05) is 47.5 Å². The number of carboxylic acids is 2. The van der Waals surface area contributed by atoms with Gasteiger partial charge in [0.2, 0.25) is 0 Å². The van der Waals surface area contributed by atoms with Gasteiger partial charge in [-0.2, -0.15) is 0 Å². The number of aromatic nitrogens is 4. The summed E-state index contributed by atoms with van der Waals surface area (Å²) >= 11 is 0. The van der Waals surface area contributed by atoms with Crippen LogP contribution in [0.5, 0.6) is 0 Å². The maximum atomic E-state index is 11.3. The molecule has 0 saturated heterocycles.